The monoisotopic (exact) mass is 224 g/mol. The molecule has 2 fully saturated rings. The van der Waals surface area contributed by atoms with Crippen molar-refractivity contribution < 1.29 is 14.7 Å². The van der Waals surface area contributed by atoms with Crippen LogP contribution in [0.2, 0.25) is 0 Å². The van der Waals surface area contributed by atoms with Crippen LogP contribution in [-0.2, 0) is 9.59 Å². The zero-order valence-electron chi connectivity index (χ0n) is 10.2. The summed E-state index contributed by atoms with van der Waals surface area (Å²) in [5, 5.41) is 7.60. The first-order valence-electron chi connectivity index (χ1n) is 5.64. The fourth-order valence-electron chi connectivity index (χ4n) is 2.90. The van der Waals surface area contributed by atoms with E-state index in [0.717, 1.165) is 18.9 Å². The van der Waals surface area contributed by atoms with Gasteiger partial charge in [-0.3, -0.25) is 4.79 Å². The van der Waals surface area contributed by atoms with Crippen molar-refractivity contribution in [3.63, 3.8) is 0 Å². The number of hydrogen-bond donors (Lipinski definition) is 1. The highest BCUT2D eigenvalue weighted by atomic mass is 16.4. The van der Waals surface area contributed by atoms with Gasteiger partial charge in [0.1, 0.15) is 5.78 Å². The van der Waals surface area contributed by atoms with E-state index in [2.05, 4.69) is 27.4 Å². The maximum absolute atomic E-state index is 11.6. The molecule has 2 unspecified atom stereocenters. The van der Waals surface area contributed by atoms with Gasteiger partial charge in [0.05, 0.1) is 0 Å². The molecule has 2 bridgehead atoms. The van der Waals surface area contributed by atoms with Crippen LogP contribution in [0.5, 0.6) is 0 Å². The van der Waals surface area contributed by atoms with Gasteiger partial charge in [-0.05, 0) is 24.2 Å². The van der Waals surface area contributed by atoms with E-state index < -0.39 is 5.97 Å². The highest BCUT2D eigenvalue weighted by Crippen LogP contribution is 2.63. The lowest BCUT2D eigenvalue weighted by Gasteiger charge is -2.32. The number of ketones is 1. The van der Waals surface area contributed by atoms with Crippen LogP contribution in [0.3, 0.4) is 0 Å². The van der Waals surface area contributed by atoms with E-state index in [0.29, 0.717) is 11.7 Å². The zero-order valence-corrected chi connectivity index (χ0v) is 10.2. The van der Waals surface area contributed by atoms with Crippen LogP contribution in [0.1, 0.15) is 40.0 Å². The minimum absolute atomic E-state index is 0.0255. The van der Waals surface area contributed by atoms with Crippen LogP contribution in [0.25, 0.3) is 0 Å². The minimum atomic E-state index is -0.981. The molecule has 0 radical (unpaired) electrons. The fourth-order valence-corrected chi connectivity index (χ4v) is 2.90. The van der Waals surface area contributed by atoms with Crippen LogP contribution in [0.4, 0.5) is 0 Å². The summed E-state index contributed by atoms with van der Waals surface area (Å²) in [5.74, 6) is 0.212. The molecule has 3 nitrogen and oxygen atoms in total. The third-order valence-electron chi connectivity index (χ3n) is 4.66. The quantitative estimate of drug-likeness (QED) is 0.697. The second kappa shape index (κ2) is 4.04. The van der Waals surface area contributed by atoms with Crippen molar-refractivity contribution in [2.45, 2.75) is 40.0 Å². The van der Waals surface area contributed by atoms with Crippen molar-refractivity contribution in [1.82, 2.24) is 0 Å². The van der Waals surface area contributed by atoms with Crippen LogP contribution in [0, 0.1) is 16.7 Å². The van der Waals surface area contributed by atoms with Gasteiger partial charge in [0.25, 0.3) is 0 Å². The molecule has 2 rings (SSSR count). The lowest BCUT2D eigenvalue weighted by molar-refractivity contribution is -0.131. The maximum atomic E-state index is 11.6. The van der Waals surface area contributed by atoms with Crippen LogP contribution in [-0.4, -0.2) is 16.9 Å². The summed E-state index contributed by atoms with van der Waals surface area (Å²) in [4.78, 5) is 20.8. The van der Waals surface area contributed by atoms with Crippen molar-refractivity contribution >= 4 is 11.8 Å². The van der Waals surface area contributed by atoms with E-state index in [1.165, 1.54) is 6.42 Å². The molecule has 0 aliphatic heterocycles. The van der Waals surface area contributed by atoms with E-state index >= 15 is 0 Å². The number of hydrogen-bond acceptors (Lipinski definition) is 2. The third-order valence-corrected chi connectivity index (χ3v) is 4.66. The first kappa shape index (κ1) is 12.9. The molecule has 2 saturated carbocycles. The summed E-state index contributed by atoms with van der Waals surface area (Å²) >= 11 is 0. The molecule has 1 N–H and O–H groups in total. The second-order valence-corrected chi connectivity index (χ2v) is 5.46. The van der Waals surface area contributed by atoms with E-state index in [4.69, 9.17) is 5.11 Å². The molecule has 0 spiro atoms. The van der Waals surface area contributed by atoms with Crippen molar-refractivity contribution in [2.75, 3.05) is 0 Å². The van der Waals surface area contributed by atoms with Gasteiger partial charge >= 0.3 is 5.97 Å². The third kappa shape index (κ3) is 1.79. The van der Waals surface area contributed by atoms with Crippen molar-refractivity contribution in [2.24, 2.45) is 16.7 Å². The van der Waals surface area contributed by atoms with Crippen molar-refractivity contribution in [1.29, 1.82) is 0 Å². The van der Waals surface area contributed by atoms with Crippen LogP contribution >= 0.6 is 0 Å². The minimum Gasteiger partial charge on any atom is -0.478 e. The molecular formula is C13H20O3. The molecule has 90 valence electrons. The normalized spacial score (nSPS) is 34.2. The van der Waals surface area contributed by atoms with E-state index in [9.17, 15) is 9.59 Å². The van der Waals surface area contributed by atoms with E-state index in [1.54, 1.807) is 0 Å². The number of fused-ring (bicyclic) bond motifs is 2. The van der Waals surface area contributed by atoms with Gasteiger partial charge in [0, 0.05) is 17.9 Å². The van der Waals surface area contributed by atoms with Gasteiger partial charge in [0.15, 0.2) is 0 Å². The topological polar surface area (TPSA) is 54.4 Å². The van der Waals surface area contributed by atoms with Gasteiger partial charge < -0.3 is 5.11 Å². The van der Waals surface area contributed by atoms with Gasteiger partial charge in [-0.1, -0.05) is 27.4 Å². The van der Waals surface area contributed by atoms with Gasteiger partial charge in [0.2, 0.25) is 0 Å². The molecule has 0 aromatic carbocycles. The van der Waals surface area contributed by atoms with Crippen molar-refractivity contribution in [3.05, 3.63) is 12.7 Å². The molecule has 0 amide bonds. The van der Waals surface area contributed by atoms with E-state index in [1.807, 2.05) is 0 Å². The Bertz CT molecular complexity index is 330. The molecule has 0 aromatic rings. The smallest absolute Gasteiger partial charge is 0.327 e. The Morgan fingerprint density at radius 3 is 2.12 bits per heavy atom. The number of carboxylic acid groups (broad SMARTS) is 1. The molecule has 3 heteroatoms. The van der Waals surface area contributed by atoms with Gasteiger partial charge in [-0.25, -0.2) is 4.79 Å². The highest BCUT2D eigenvalue weighted by Gasteiger charge is 2.61. The second-order valence-electron chi connectivity index (χ2n) is 5.46. The van der Waals surface area contributed by atoms with E-state index in [-0.39, 0.29) is 10.8 Å². The first-order valence-corrected chi connectivity index (χ1v) is 5.64. The van der Waals surface area contributed by atoms with Crippen LogP contribution in [0.15, 0.2) is 12.7 Å². The lowest BCUT2D eigenvalue weighted by atomic mass is 9.70. The highest BCUT2D eigenvalue weighted by molar-refractivity contribution is 5.89. The predicted octanol–water partition coefficient (Wildman–Crippen LogP) is 2.66. The Balaban J connectivity index is 0.000000221. The summed E-state index contributed by atoms with van der Waals surface area (Å²) < 4.78 is 0. The average molecular weight is 224 g/mol. The number of rotatable bonds is 1. The lowest BCUT2D eigenvalue weighted by Crippen LogP contribution is -2.32. The number of carbonyl (C=O) groups excluding carboxylic acids is 1. The molecule has 2 atom stereocenters. The molecule has 2 aliphatic carbocycles. The SMILES string of the molecule is C=CC(=O)O.CC12CCC(CC1=O)C2(C)C. The predicted molar refractivity (Wildman–Crippen MR) is 62.1 cm³/mol. The Morgan fingerprint density at radius 1 is 1.50 bits per heavy atom. The average Bonchev–Trinajstić information content (AvgIpc) is 2.51. The fraction of sp³-hybridized carbons (Fsp3) is 0.692. The molecular weight excluding hydrogens is 204 g/mol. The van der Waals surface area contributed by atoms with Gasteiger partial charge in [-0.15, -0.1) is 0 Å². The molecule has 0 aromatic heterocycles. The summed E-state index contributed by atoms with van der Waals surface area (Å²) in [6.45, 7) is 9.63. The summed E-state index contributed by atoms with van der Waals surface area (Å²) in [6.07, 6.45) is 4.09. The standard InChI is InChI=1S/C10H16O.C3H4O2/c1-9(2)7-4-5-10(9,3)8(11)6-7;1-2-3(4)5/h7H,4-6H2,1-3H3;2H,1H2,(H,4,5). The Labute approximate surface area is 96.5 Å². The van der Waals surface area contributed by atoms with Crippen LogP contribution < -0.4 is 0 Å². The summed E-state index contributed by atoms with van der Waals surface area (Å²) in [6, 6.07) is 0. The Hall–Kier alpha value is -1.12. The number of aliphatic carboxylic acids is 1. The number of carboxylic acids is 1. The van der Waals surface area contributed by atoms with Gasteiger partial charge in [-0.2, -0.15) is 0 Å². The zero-order chi connectivity index (χ0) is 12.6. The first-order chi connectivity index (χ1) is 7.25. The largest absolute Gasteiger partial charge is 0.478 e. The number of Topliss-reactive ketones (excluding diaryl/α,β-unsaturated/α-hetero) is 1. The Morgan fingerprint density at radius 2 is 2.00 bits per heavy atom. The molecule has 2 aliphatic rings. The molecule has 0 heterocycles. The molecule has 16 heavy (non-hydrogen) atoms. The Kier molecular flexibility index (Phi) is 3.27. The summed E-state index contributed by atoms with van der Waals surface area (Å²) in [5.41, 5.74) is 0.307. The van der Waals surface area contributed by atoms with Crippen molar-refractivity contribution in [3.8, 4) is 0 Å². The summed E-state index contributed by atoms with van der Waals surface area (Å²) in [7, 11) is 0. The number of carbonyl (C=O) groups is 2. The maximum Gasteiger partial charge on any atom is 0.327 e. The molecule has 0 saturated heterocycles.